The number of aromatic nitrogens is 1. The summed E-state index contributed by atoms with van der Waals surface area (Å²) in [6, 6.07) is 17.0. The van der Waals surface area contributed by atoms with Crippen LogP contribution in [0.4, 0.5) is 0 Å². The monoisotopic (exact) mass is 359 g/mol. The number of carbonyl (C=O) groups is 1. The largest absolute Gasteiger partial charge is 0.340 e. The van der Waals surface area contributed by atoms with E-state index in [1.807, 2.05) is 34.7 Å². The van der Waals surface area contributed by atoms with Crippen molar-refractivity contribution in [3.05, 3.63) is 70.9 Å². The minimum atomic E-state index is 0.129. The number of rotatable bonds is 3. The number of aryl methyl sites for hydroxylation is 1. The van der Waals surface area contributed by atoms with Crippen molar-refractivity contribution in [2.75, 3.05) is 19.6 Å². The Morgan fingerprint density at radius 2 is 1.85 bits per heavy atom. The van der Waals surface area contributed by atoms with Gasteiger partial charge in [0.05, 0.1) is 0 Å². The van der Waals surface area contributed by atoms with E-state index in [4.69, 9.17) is 0 Å². The van der Waals surface area contributed by atoms with Gasteiger partial charge in [0.15, 0.2) is 0 Å². The minimum Gasteiger partial charge on any atom is -0.340 e. The summed E-state index contributed by atoms with van der Waals surface area (Å²) >= 11 is 0. The summed E-state index contributed by atoms with van der Waals surface area (Å²) < 4.78 is 2.02. The van der Waals surface area contributed by atoms with E-state index in [-0.39, 0.29) is 5.91 Å². The van der Waals surface area contributed by atoms with E-state index in [0.717, 1.165) is 36.1 Å². The molecule has 2 aliphatic rings. The van der Waals surface area contributed by atoms with Gasteiger partial charge < -0.3 is 9.47 Å². The zero-order valence-corrected chi connectivity index (χ0v) is 15.8. The van der Waals surface area contributed by atoms with Crippen molar-refractivity contribution >= 4 is 16.8 Å². The molecule has 0 radical (unpaired) electrons. The topological polar surface area (TPSA) is 28.5 Å². The summed E-state index contributed by atoms with van der Waals surface area (Å²) in [4.78, 5) is 17.6. The van der Waals surface area contributed by atoms with Crippen molar-refractivity contribution in [1.82, 2.24) is 14.4 Å². The number of benzene rings is 2. The number of carbonyl (C=O) groups excluding carboxylic acids is 1. The fourth-order valence-corrected chi connectivity index (χ4v) is 4.33. The van der Waals surface area contributed by atoms with Gasteiger partial charge in [-0.15, -0.1) is 0 Å². The highest BCUT2D eigenvalue weighted by atomic mass is 16.2. The lowest BCUT2D eigenvalue weighted by Crippen LogP contribution is -2.37. The summed E-state index contributed by atoms with van der Waals surface area (Å²) in [6.45, 7) is 5.01. The van der Waals surface area contributed by atoms with Gasteiger partial charge in [-0.25, -0.2) is 0 Å². The molecule has 2 aliphatic heterocycles. The van der Waals surface area contributed by atoms with E-state index in [2.05, 4.69) is 35.2 Å². The Balaban J connectivity index is 1.36. The normalized spacial score (nSPS) is 17.0. The van der Waals surface area contributed by atoms with Crippen LogP contribution in [0.1, 0.15) is 33.6 Å². The third-order valence-corrected chi connectivity index (χ3v) is 6.10. The Bertz CT molecular complexity index is 1020. The van der Waals surface area contributed by atoms with Crippen LogP contribution >= 0.6 is 0 Å². The fourth-order valence-electron chi connectivity index (χ4n) is 4.33. The average Bonchev–Trinajstić information content (AvgIpc) is 3.00. The average molecular weight is 359 g/mol. The van der Waals surface area contributed by atoms with E-state index >= 15 is 0 Å². The predicted octanol–water partition coefficient (Wildman–Crippen LogP) is 3.58. The number of nitrogens with zero attached hydrogens (tertiary/aromatic N) is 3. The van der Waals surface area contributed by atoms with Crippen molar-refractivity contribution in [2.45, 2.75) is 25.9 Å². The highest BCUT2D eigenvalue weighted by Crippen LogP contribution is 2.25. The summed E-state index contributed by atoms with van der Waals surface area (Å²) in [6.07, 6.45) is 2.27. The maximum atomic E-state index is 13.2. The second kappa shape index (κ2) is 6.54. The molecule has 1 amide bonds. The lowest BCUT2D eigenvalue weighted by atomic mass is 9.96. The number of fused-ring (bicyclic) bond motifs is 2. The minimum absolute atomic E-state index is 0.129. The molecule has 4 heteroatoms. The first-order valence-electron chi connectivity index (χ1n) is 9.86. The van der Waals surface area contributed by atoms with E-state index in [9.17, 15) is 4.79 Å². The van der Waals surface area contributed by atoms with E-state index in [1.54, 1.807) is 0 Å². The quantitative estimate of drug-likeness (QED) is 0.715. The van der Waals surface area contributed by atoms with Crippen LogP contribution in [0.2, 0.25) is 0 Å². The van der Waals surface area contributed by atoms with Gasteiger partial charge in [-0.3, -0.25) is 9.69 Å². The molecule has 27 heavy (non-hydrogen) atoms. The number of hydrogen-bond acceptors (Lipinski definition) is 2. The maximum Gasteiger partial charge on any atom is 0.270 e. The van der Waals surface area contributed by atoms with Crippen LogP contribution in [-0.2, 0) is 26.6 Å². The standard InChI is InChI=1S/C23H25N3O/c1-24-21-6-3-2-5-19(21)14-22(24)23(27)26-12-9-18-13-17(7-8-20(18)16-26)15-25-10-4-11-25/h2-3,5-8,13-14H,4,9-12,15-16H2,1H3. The number of hydrogen-bond donors (Lipinski definition) is 0. The Morgan fingerprint density at radius 3 is 2.63 bits per heavy atom. The first-order valence-corrected chi connectivity index (χ1v) is 9.86. The van der Waals surface area contributed by atoms with Crippen molar-refractivity contribution < 1.29 is 4.79 Å². The molecular formula is C23H25N3O. The van der Waals surface area contributed by atoms with Crippen LogP contribution in [0.3, 0.4) is 0 Å². The van der Waals surface area contributed by atoms with Gasteiger partial charge in [0.2, 0.25) is 0 Å². The lowest BCUT2D eigenvalue weighted by Gasteiger charge is -2.32. The van der Waals surface area contributed by atoms with Crippen molar-refractivity contribution in [1.29, 1.82) is 0 Å². The fraction of sp³-hybridized carbons (Fsp3) is 0.348. The number of para-hydroxylation sites is 1. The third-order valence-electron chi connectivity index (χ3n) is 6.10. The van der Waals surface area contributed by atoms with Gasteiger partial charge in [-0.05, 0) is 54.8 Å². The highest BCUT2D eigenvalue weighted by Gasteiger charge is 2.24. The maximum absolute atomic E-state index is 13.2. The predicted molar refractivity (Wildman–Crippen MR) is 108 cm³/mol. The molecule has 1 saturated heterocycles. The van der Waals surface area contributed by atoms with Gasteiger partial charge in [0.1, 0.15) is 5.69 Å². The molecule has 0 saturated carbocycles. The van der Waals surface area contributed by atoms with Crippen molar-refractivity contribution in [3.8, 4) is 0 Å². The van der Waals surface area contributed by atoms with Gasteiger partial charge in [0, 0.05) is 37.6 Å². The molecule has 4 nitrogen and oxygen atoms in total. The third kappa shape index (κ3) is 2.94. The lowest BCUT2D eigenvalue weighted by molar-refractivity contribution is 0.0725. The molecule has 0 aliphatic carbocycles. The van der Waals surface area contributed by atoms with Crippen LogP contribution < -0.4 is 0 Å². The summed E-state index contributed by atoms with van der Waals surface area (Å²) in [5, 5.41) is 1.12. The van der Waals surface area contributed by atoms with Crippen LogP contribution in [0.5, 0.6) is 0 Å². The Hall–Kier alpha value is -2.59. The molecule has 1 aromatic heterocycles. The molecule has 2 aromatic carbocycles. The summed E-state index contributed by atoms with van der Waals surface area (Å²) in [5.74, 6) is 0.129. The summed E-state index contributed by atoms with van der Waals surface area (Å²) in [5.41, 5.74) is 5.99. The van der Waals surface area contributed by atoms with E-state index in [1.165, 1.54) is 36.2 Å². The molecule has 138 valence electrons. The molecule has 0 bridgehead atoms. The van der Waals surface area contributed by atoms with Gasteiger partial charge >= 0.3 is 0 Å². The van der Waals surface area contributed by atoms with E-state index in [0.29, 0.717) is 6.54 Å². The molecule has 0 spiro atoms. The first-order chi connectivity index (χ1) is 13.2. The van der Waals surface area contributed by atoms with Gasteiger partial charge in [0.25, 0.3) is 5.91 Å². The molecular weight excluding hydrogens is 334 g/mol. The van der Waals surface area contributed by atoms with Crippen molar-refractivity contribution in [3.63, 3.8) is 0 Å². The first kappa shape index (κ1) is 16.6. The Labute approximate surface area is 160 Å². The summed E-state index contributed by atoms with van der Waals surface area (Å²) in [7, 11) is 1.98. The van der Waals surface area contributed by atoms with Crippen molar-refractivity contribution in [2.24, 2.45) is 7.05 Å². The SMILES string of the molecule is Cn1c(C(=O)N2CCc3cc(CN4CCC4)ccc3C2)cc2ccccc21. The Kier molecular flexibility index (Phi) is 4.01. The second-order valence-corrected chi connectivity index (χ2v) is 7.86. The van der Waals surface area contributed by atoms with Crippen LogP contribution in [0.15, 0.2) is 48.5 Å². The van der Waals surface area contributed by atoms with Crippen LogP contribution in [0, 0.1) is 0 Å². The zero-order valence-electron chi connectivity index (χ0n) is 15.8. The number of amides is 1. The number of likely N-dealkylation sites (tertiary alicyclic amines) is 1. The molecule has 0 unspecified atom stereocenters. The molecule has 3 aromatic rings. The van der Waals surface area contributed by atoms with Gasteiger partial charge in [-0.2, -0.15) is 0 Å². The molecule has 1 fully saturated rings. The van der Waals surface area contributed by atoms with Crippen LogP contribution in [0.25, 0.3) is 10.9 Å². The molecule has 0 N–H and O–H groups in total. The van der Waals surface area contributed by atoms with E-state index < -0.39 is 0 Å². The molecule has 3 heterocycles. The highest BCUT2D eigenvalue weighted by molar-refractivity contribution is 5.98. The second-order valence-electron chi connectivity index (χ2n) is 7.86. The van der Waals surface area contributed by atoms with Crippen LogP contribution in [-0.4, -0.2) is 39.9 Å². The zero-order chi connectivity index (χ0) is 18.4. The van der Waals surface area contributed by atoms with Gasteiger partial charge in [-0.1, -0.05) is 36.4 Å². The Morgan fingerprint density at radius 1 is 1.00 bits per heavy atom. The molecule has 5 rings (SSSR count). The smallest absolute Gasteiger partial charge is 0.270 e. The molecule has 0 atom stereocenters.